The Kier molecular flexibility index (Phi) is 3.92. The van der Waals surface area contributed by atoms with Crippen molar-refractivity contribution in [1.29, 1.82) is 0 Å². The number of aromatic nitrogens is 2. The number of amides is 1. The lowest BCUT2D eigenvalue weighted by Gasteiger charge is -2.25. The number of hydrogen-bond acceptors (Lipinski definition) is 3. The summed E-state index contributed by atoms with van der Waals surface area (Å²) >= 11 is 0. The summed E-state index contributed by atoms with van der Waals surface area (Å²) in [7, 11) is 0. The van der Waals surface area contributed by atoms with Gasteiger partial charge in [0.15, 0.2) is 5.82 Å². The summed E-state index contributed by atoms with van der Waals surface area (Å²) in [6, 6.07) is 9.74. The third kappa shape index (κ3) is 3.26. The van der Waals surface area contributed by atoms with E-state index in [9.17, 15) is 4.79 Å². The van der Waals surface area contributed by atoms with E-state index in [0.29, 0.717) is 17.9 Å². The fourth-order valence-electron chi connectivity index (χ4n) is 2.23. The molecule has 0 radical (unpaired) electrons. The SMILES string of the molecule is O=C1CCCCN1c1cnc(C#Cc2ccccc2)cn1. The van der Waals surface area contributed by atoms with Crippen LogP contribution in [0, 0.1) is 11.8 Å². The summed E-state index contributed by atoms with van der Waals surface area (Å²) < 4.78 is 0. The fraction of sp³-hybridized carbons (Fsp3) is 0.235. The molecule has 1 saturated heterocycles. The standard InChI is InChI=1S/C17H15N3O/c21-17-8-4-5-11-20(17)16-13-18-15(12-19-16)10-9-14-6-2-1-3-7-14/h1-3,6-7,12-13H,4-5,8,11H2. The normalized spacial score (nSPS) is 14.5. The van der Waals surface area contributed by atoms with Crippen LogP contribution in [0.25, 0.3) is 0 Å². The van der Waals surface area contributed by atoms with Crippen LogP contribution in [0.3, 0.4) is 0 Å². The predicted octanol–water partition coefficient (Wildman–Crippen LogP) is 2.39. The third-order valence-electron chi connectivity index (χ3n) is 3.35. The van der Waals surface area contributed by atoms with E-state index < -0.39 is 0 Å². The van der Waals surface area contributed by atoms with Crippen molar-refractivity contribution >= 4 is 11.7 Å². The van der Waals surface area contributed by atoms with Crippen LogP contribution in [0.5, 0.6) is 0 Å². The van der Waals surface area contributed by atoms with Crippen molar-refractivity contribution < 1.29 is 4.79 Å². The number of anilines is 1. The maximum absolute atomic E-state index is 11.8. The summed E-state index contributed by atoms with van der Waals surface area (Å²) in [6.45, 7) is 0.725. The van der Waals surface area contributed by atoms with Crippen molar-refractivity contribution in [2.45, 2.75) is 19.3 Å². The van der Waals surface area contributed by atoms with E-state index in [-0.39, 0.29) is 5.91 Å². The Morgan fingerprint density at radius 1 is 1.00 bits per heavy atom. The molecule has 0 spiro atoms. The molecule has 4 heteroatoms. The second kappa shape index (κ2) is 6.19. The van der Waals surface area contributed by atoms with Crippen LogP contribution in [0.15, 0.2) is 42.7 Å². The largest absolute Gasteiger partial charge is 0.296 e. The maximum atomic E-state index is 11.8. The molecule has 1 aliphatic heterocycles. The van der Waals surface area contributed by atoms with Crippen LogP contribution in [-0.2, 0) is 4.79 Å². The molecule has 0 aliphatic carbocycles. The average Bonchev–Trinajstić information content (AvgIpc) is 2.55. The first-order valence-electron chi connectivity index (χ1n) is 7.02. The van der Waals surface area contributed by atoms with Gasteiger partial charge in [0.2, 0.25) is 5.91 Å². The quantitative estimate of drug-likeness (QED) is 0.752. The highest BCUT2D eigenvalue weighted by Crippen LogP contribution is 2.17. The minimum absolute atomic E-state index is 0.124. The van der Waals surface area contributed by atoms with Crippen LogP contribution in [0.1, 0.15) is 30.5 Å². The van der Waals surface area contributed by atoms with Crippen LogP contribution < -0.4 is 4.90 Å². The van der Waals surface area contributed by atoms with E-state index in [1.54, 1.807) is 17.3 Å². The van der Waals surface area contributed by atoms with Crippen molar-refractivity contribution in [3.63, 3.8) is 0 Å². The lowest BCUT2D eigenvalue weighted by Crippen LogP contribution is -2.35. The molecule has 4 nitrogen and oxygen atoms in total. The average molecular weight is 277 g/mol. The van der Waals surface area contributed by atoms with Gasteiger partial charge in [0, 0.05) is 18.5 Å². The molecule has 21 heavy (non-hydrogen) atoms. The molecule has 0 unspecified atom stereocenters. The second-order valence-corrected chi connectivity index (χ2v) is 4.88. The zero-order valence-corrected chi connectivity index (χ0v) is 11.6. The zero-order valence-electron chi connectivity index (χ0n) is 11.6. The highest BCUT2D eigenvalue weighted by molar-refractivity contribution is 5.92. The number of nitrogens with zero attached hydrogens (tertiary/aromatic N) is 3. The minimum atomic E-state index is 0.124. The molecule has 104 valence electrons. The number of carbonyl (C=O) groups excluding carboxylic acids is 1. The first kappa shape index (κ1) is 13.3. The zero-order chi connectivity index (χ0) is 14.5. The first-order valence-corrected chi connectivity index (χ1v) is 7.02. The topological polar surface area (TPSA) is 46.1 Å². The van der Waals surface area contributed by atoms with Gasteiger partial charge < -0.3 is 0 Å². The Balaban J connectivity index is 1.75. The third-order valence-corrected chi connectivity index (χ3v) is 3.35. The monoisotopic (exact) mass is 277 g/mol. The Hall–Kier alpha value is -2.67. The number of piperidine rings is 1. The summed E-state index contributed by atoms with van der Waals surface area (Å²) in [5, 5.41) is 0. The van der Waals surface area contributed by atoms with E-state index in [1.165, 1.54) is 0 Å². The number of rotatable bonds is 1. The van der Waals surface area contributed by atoms with Crippen LogP contribution in [-0.4, -0.2) is 22.4 Å². The Morgan fingerprint density at radius 3 is 2.57 bits per heavy atom. The number of carbonyl (C=O) groups is 1. The summed E-state index contributed by atoms with van der Waals surface area (Å²) in [4.78, 5) is 22.1. The number of hydrogen-bond donors (Lipinski definition) is 0. The molecule has 0 atom stereocenters. The summed E-state index contributed by atoms with van der Waals surface area (Å²) in [6.07, 6.45) is 5.81. The fourth-order valence-corrected chi connectivity index (χ4v) is 2.23. The molecule has 0 saturated carbocycles. The molecule has 3 rings (SSSR count). The molecule has 0 bridgehead atoms. The van der Waals surface area contributed by atoms with Gasteiger partial charge in [0.1, 0.15) is 5.69 Å². The molecule has 1 aliphatic rings. The van der Waals surface area contributed by atoms with E-state index in [1.807, 2.05) is 30.3 Å². The highest BCUT2D eigenvalue weighted by atomic mass is 16.2. The molecule has 0 N–H and O–H groups in total. The molecule has 2 heterocycles. The van der Waals surface area contributed by atoms with Crippen molar-refractivity contribution in [3.05, 3.63) is 54.0 Å². The van der Waals surface area contributed by atoms with Gasteiger partial charge in [0.05, 0.1) is 12.4 Å². The molecule has 1 aromatic heterocycles. The smallest absolute Gasteiger partial charge is 0.228 e. The Labute approximate surface area is 123 Å². The van der Waals surface area contributed by atoms with Crippen LogP contribution in [0.4, 0.5) is 5.82 Å². The van der Waals surface area contributed by atoms with E-state index in [4.69, 9.17) is 0 Å². The lowest BCUT2D eigenvalue weighted by molar-refractivity contribution is -0.119. The van der Waals surface area contributed by atoms with Crippen molar-refractivity contribution in [1.82, 2.24) is 9.97 Å². The molecule has 1 fully saturated rings. The van der Waals surface area contributed by atoms with Gasteiger partial charge in [-0.2, -0.15) is 0 Å². The van der Waals surface area contributed by atoms with Crippen molar-refractivity contribution in [3.8, 4) is 11.8 Å². The molecule has 1 amide bonds. The van der Waals surface area contributed by atoms with Gasteiger partial charge in [-0.1, -0.05) is 24.1 Å². The number of benzene rings is 1. The van der Waals surface area contributed by atoms with Crippen molar-refractivity contribution in [2.24, 2.45) is 0 Å². The van der Waals surface area contributed by atoms with Gasteiger partial charge in [-0.15, -0.1) is 0 Å². The Bertz CT molecular complexity index is 683. The van der Waals surface area contributed by atoms with E-state index in [2.05, 4.69) is 21.8 Å². The van der Waals surface area contributed by atoms with Gasteiger partial charge in [-0.25, -0.2) is 9.97 Å². The van der Waals surface area contributed by atoms with Gasteiger partial charge >= 0.3 is 0 Å². The summed E-state index contributed by atoms with van der Waals surface area (Å²) in [5.74, 6) is 6.75. The van der Waals surface area contributed by atoms with E-state index >= 15 is 0 Å². The molecular formula is C17H15N3O. The predicted molar refractivity (Wildman–Crippen MR) is 80.7 cm³/mol. The van der Waals surface area contributed by atoms with Crippen LogP contribution >= 0.6 is 0 Å². The maximum Gasteiger partial charge on any atom is 0.228 e. The van der Waals surface area contributed by atoms with Gasteiger partial charge in [0.25, 0.3) is 0 Å². The highest BCUT2D eigenvalue weighted by Gasteiger charge is 2.20. The first-order chi connectivity index (χ1) is 10.3. The van der Waals surface area contributed by atoms with E-state index in [0.717, 1.165) is 24.9 Å². The lowest BCUT2D eigenvalue weighted by atomic mass is 10.1. The van der Waals surface area contributed by atoms with Crippen LogP contribution in [0.2, 0.25) is 0 Å². The Morgan fingerprint density at radius 2 is 1.86 bits per heavy atom. The second-order valence-electron chi connectivity index (χ2n) is 4.88. The molecule has 1 aromatic carbocycles. The summed E-state index contributed by atoms with van der Waals surface area (Å²) in [5.41, 5.74) is 1.54. The van der Waals surface area contributed by atoms with Gasteiger partial charge in [-0.05, 0) is 30.9 Å². The van der Waals surface area contributed by atoms with Crippen molar-refractivity contribution in [2.75, 3.05) is 11.4 Å². The van der Waals surface area contributed by atoms with Gasteiger partial charge in [-0.3, -0.25) is 9.69 Å². The molecular weight excluding hydrogens is 262 g/mol. The molecule has 2 aromatic rings. The minimum Gasteiger partial charge on any atom is -0.296 e.